The monoisotopic (exact) mass is 246 g/mol. The number of benzene rings is 1. The molecule has 1 aliphatic rings. The van der Waals surface area contributed by atoms with Gasteiger partial charge in [0.25, 0.3) is 0 Å². The molecule has 0 bridgehead atoms. The largest absolute Gasteiger partial charge is 0.330 e. The molecule has 0 amide bonds. The molecule has 1 heterocycles. The standard InChI is InChI=1S/C16H26N2/c1-3-9-18-10-5-8-15(12-17)16(18)14-7-4-6-13(2)11-14/h4,6-7,11,15-16H,3,5,8-10,12,17H2,1-2H3. The zero-order valence-electron chi connectivity index (χ0n) is 11.7. The zero-order chi connectivity index (χ0) is 13.0. The summed E-state index contributed by atoms with van der Waals surface area (Å²) in [5.41, 5.74) is 8.81. The molecule has 2 nitrogen and oxygen atoms in total. The summed E-state index contributed by atoms with van der Waals surface area (Å²) in [7, 11) is 0. The third-order valence-electron chi connectivity index (χ3n) is 4.06. The Morgan fingerprint density at radius 2 is 2.22 bits per heavy atom. The number of likely N-dealkylation sites (tertiary alicyclic amines) is 1. The summed E-state index contributed by atoms with van der Waals surface area (Å²) in [6.45, 7) is 7.66. The predicted molar refractivity (Wildman–Crippen MR) is 77.6 cm³/mol. The van der Waals surface area contributed by atoms with Gasteiger partial charge in [0.15, 0.2) is 0 Å². The summed E-state index contributed by atoms with van der Waals surface area (Å²) in [5, 5.41) is 0. The van der Waals surface area contributed by atoms with Crippen LogP contribution in [0.1, 0.15) is 43.4 Å². The van der Waals surface area contributed by atoms with Gasteiger partial charge in [-0.15, -0.1) is 0 Å². The minimum Gasteiger partial charge on any atom is -0.330 e. The van der Waals surface area contributed by atoms with Gasteiger partial charge in [0, 0.05) is 6.04 Å². The highest BCUT2D eigenvalue weighted by molar-refractivity contribution is 5.26. The second-order valence-corrected chi connectivity index (χ2v) is 5.53. The fourth-order valence-electron chi connectivity index (χ4n) is 3.27. The minimum atomic E-state index is 0.531. The van der Waals surface area contributed by atoms with Crippen molar-refractivity contribution in [1.29, 1.82) is 0 Å². The van der Waals surface area contributed by atoms with Crippen molar-refractivity contribution >= 4 is 0 Å². The van der Waals surface area contributed by atoms with Crippen LogP contribution in [0.25, 0.3) is 0 Å². The summed E-state index contributed by atoms with van der Waals surface area (Å²) in [6.07, 6.45) is 3.79. The molecule has 0 spiro atoms. The number of rotatable bonds is 4. The number of hydrogen-bond donors (Lipinski definition) is 1. The Labute approximate surface area is 111 Å². The molecule has 2 unspecified atom stereocenters. The Hall–Kier alpha value is -0.860. The van der Waals surface area contributed by atoms with E-state index in [1.54, 1.807) is 0 Å². The SMILES string of the molecule is CCCN1CCCC(CN)C1c1cccc(C)c1. The van der Waals surface area contributed by atoms with Gasteiger partial charge < -0.3 is 5.73 Å². The minimum absolute atomic E-state index is 0.531. The molecule has 2 atom stereocenters. The second-order valence-electron chi connectivity index (χ2n) is 5.53. The van der Waals surface area contributed by atoms with E-state index in [1.165, 1.54) is 43.5 Å². The lowest BCUT2D eigenvalue weighted by Crippen LogP contribution is -2.41. The van der Waals surface area contributed by atoms with Gasteiger partial charge in [-0.25, -0.2) is 0 Å². The van der Waals surface area contributed by atoms with E-state index in [-0.39, 0.29) is 0 Å². The molecule has 0 saturated carbocycles. The molecule has 1 saturated heterocycles. The van der Waals surface area contributed by atoms with Crippen LogP contribution in [0.2, 0.25) is 0 Å². The topological polar surface area (TPSA) is 29.3 Å². The molecule has 1 aromatic rings. The van der Waals surface area contributed by atoms with Crippen molar-refractivity contribution in [2.45, 2.75) is 39.2 Å². The normalized spacial score (nSPS) is 25.3. The van der Waals surface area contributed by atoms with Gasteiger partial charge in [0.2, 0.25) is 0 Å². The summed E-state index contributed by atoms with van der Waals surface area (Å²) in [4.78, 5) is 2.63. The lowest BCUT2D eigenvalue weighted by Gasteiger charge is -2.41. The molecular formula is C16H26N2. The van der Waals surface area contributed by atoms with Gasteiger partial charge >= 0.3 is 0 Å². The summed E-state index contributed by atoms with van der Waals surface area (Å²) >= 11 is 0. The van der Waals surface area contributed by atoms with Crippen molar-refractivity contribution in [2.24, 2.45) is 11.7 Å². The van der Waals surface area contributed by atoms with Gasteiger partial charge in [-0.05, 0) is 57.3 Å². The average Bonchev–Trinajstić information content (AvgIpc) is 2.38. The highest BCUT2D eigenvalue weighted by Crippen LogP contribution is 2.35. The molecule has 1 aromatic carbocycles. The van der Waals surface area contributed by atoms with Crippen LogP contribution >= 0.6 is 0 Å². The van der Waals surface area contributed by atoms with Crippen molar-refractivity contribution in [3.8, 4) is 0 Å². The van der Waals surface area contributed by atoms with Crippen LogP contribution in [-0.4, -0.2) is 24.5 Å². The molecule has 1 fully saturated rings. The number of piperidine rings is 1. The van der Waals surface area contributed by atoms with Crippen LogP contribution in [-0.2, 0) is 0 Å². The van der Waals surface area contributed by atoms with Crippen LogP contribution < -0.4 is 5.73 Å². The van der Waals surface area contributed by atoms with E-state index in [0.29, 0.717) is 12.0 Å². The van der Waals surface area contributed by atoms with Crippen LogP contribution in [0.4, 0.5) is 0 Å². The number of nitrogens with two attached hydrogens (primary N) is 1. The number of hydrogen-bond acceptors (Lipinski definition) is 2. The Morgan fingerprint density at radius 3 is 2.89 bits per heavy atom. The maximum absolute atomic E-state index is 6.00. The Kier molecular flexibility index (Phi) is 4.79. The first-order valence-corrected chi connectivity index (χ1v) is 7.27. The fraction of sp³-hybridized carbons (Fsp3) is 0.625. The molecule has 2 N–H and O–H groups in total. The fourth-order valence-corrected chi connectivity index (χ4v) is 3.27. The Balaban J connectivity index is 2.27. The Morgan fingerprint density at radius 1 is 1.39 bits per heavy atom. The molecule has 18 heavy (non-hydrogen) atoms. The van der Waals surface area contributed by atoms with Gasteiger partial charge in [-0.2, -0.15) is 0 Å². The summed E-state index contributed by atoms with van der Waals surface area (Å²) in [5.74, 6) is 0.618. The molecule has 100 valence electrons. The molecule has 0 aliphatic carbocycles. The highest BCUT2D eigenvalue weighted by atomic mass is 15.2. The predicted octanol–water partition coefficient (Wildman–Crippen LogP) is 3.12. The quantitative estimate of drug-likeness (QED) is 0.884. The molecular weight excluding hydrogens is 220 g/mol. The smallest absolute Gasteiger partial charge is 0.0388 e. The van der Waals surface area contributed by atoms with Gasteiger partial charge in [0.1, 0.15) is 0 Å². The average molecular weight is 246 g/mol. The lowest BCUT2D eigenvalue weighted by molar-refractivity contribution is 0.0960. The van der Waals surface area contributed by atoms with Crippen LogP contribution in [0.15, 0.2) is 24.3 Å². The van der Waals surface area contributed by atoms with Crippen molar-refractivity contribution in [1.82, 2.24) is 4.90 Å². The number of aryl methyl sites for hydroxylation is 1. The molecule has 2 heteroatoms. The second kappa shape index (κ2) is 6.35. The first kappa shape index (κ1) is 13.6. The molecule has 1 aliphatic heterocycles. The zero-order valence-corrected chi connectivity index (χ0v) is 11.7. The van der Waals surface area contributed by atoms with Crippen molar-refractivity contribution in [3.05, 3.63) is 35.4 Å². The van der Waals surface area contributed by atoms with Crippen LogP contribution in [0.3, 0.4) is 0 Å². The molecule has 0 radical (unpaired) electrons. The van der Waals surface area contributed by atoms with E-state index in [0.717, 1.165) is 6.54 Å². The maximum Gasteiger partial charge on any atom is 0.0388 e. The van der Waals surface area contributed by atoms with E-state index in [4.69, 9.17) is 5.73 Å². The third kappa shape index (κ3) is 2.93. The summed E-state index contributed by atoms with van der Waals surface area (Å²) in [6, 6.07) is 9.49. The number of nitrogens with zero attached hydrogens (tertiary/aromatic N) is 1. The first-order chi connectivity index (χ1) is 8.76. The van der Waals surface area contributed by atoms with E-state index in [9.17, 15) is 0 Å². The van der Waals surface area contributed by atoms with Gasteiger partial charge in [-0.1, -0.05) is 36.8 Å². The first-order valence-electron chi connectivity index (χ1n) is 7.27. The van der Waals surface area contributed by atoms with Crippen molar-refractivity contribution in [3.63, 3.8) is 0 Å². The van der Waals surface area contributed by atoms with Crippen molar-refractivity contribution in [2.75, 3.05) is 19.6 Å². The van der Waals surface area contributed by atoms with Gasteiger partial charge in [-0.3, -0.25) is 4.90 Å². The highest BCUT2D eigenvalue weighted by Gasteiger charge is 2.31. The van der Waals surface area contributed by atoms with E-state index < -0.39 is 0 Å². The van der Waals surface area contributed by atoms with Crippen molar-refractivity contribution < 1.29 is 0 Å². The van der Waals surface area contributed by atoms with Crippen LogP contribution in [0, 0.1) is 12.8 Å². The van der Waals surface area contributed by atoms with Gasteiger partial charge in [0.05, 0.1) is 0 Å². The molecule has 0 aromatic heterocycles. The van der Waals surface area contributed by atoms with E-state index >= 15 is 0 Å². The van der Waals surface area contributed by atoms with Crippen LogP contribution in [0.5, 0.6) is 0 Å². The third-order valence-corrected chi connectivity index (χ3v) is 4.06. The van der Waals surface area contributed by atoms with E-state index in [2.05, 4.69) is 43.0 Å². The maximum atomic E-state index is 6.00. The van der Waals surface area contributed by atoms with E-state index in [1.807, 2.05) is 0 Å². The Bertz CT molecular complexity index is 373. The summed E-state index contributed by atoms with van der Waals surface area (Å²) < 4.78 is 0. The lowest BCUT2D eigenvalue weighted by atomic mass is 9.84. The molecule has 2 rings (SSSR count).